The predicted molar refractivity (Wildman–Crippen MR) is 142 cm³/mol. The SMILES string of the molecule is CC(C)Nc1cc(-c2cccc(CN(C)CCN)c2)cc(C(=O)NCc2ccccc2)c1CN. The molecule has 0 saturated heterocycles. The van der Waals surface area contributed by atoms with Gasteiger partial charge in [-0.1, -0.05) is 48.5 Å². The van der Waals surface area contributed by atoms with Crippen LogP contribution in [0.2, 0.25) is 0 Å². The van der Waals surface area contributed by atoms with Crippen molar-refractivity contribution in [2.24, 2.45) is 11.5 Å². The van der Waals surface area contributed by atoms with Crippen molar-refractivity contribution in [1.29, 1.82) is 0 Å². The van der Waals surface area contributed by atoms with E-state index in [-0.39, 0.29) is 18.5 Å². The normalized spacial score (nSPS) is 11.1. The summed E-state index contributed by atoms with van der Waals surface area (Å²) in [4.78, 5) is 15.5. The molecule has 0 aromatic heterocycles. The summed E-state index contributed by atoms with van der Waals surface area (Å²) < 4.78 is 0. The van der Waals surface area contributed by atoms with Gasteiger partial charge in [-0.2, -0.15) is 0 Å². The Morgan fingerprint density at radius 3 is 2.35 bits per heavy atom. The number of hydrogen-bond acceptors (Lipinski definition) is 5. The number of carbonyl (C=O) groups is 1. The van der Waals surface area contributed by atoms with E-state index < -0.39 is 0 Å². The molecule has 6 N–H and O–H groups in total. The number of amides is 1. The monoisotopic (exact) mass is 459 g/mol. The minimum Gasteiger partial charge on any atom is -0.383 e. The summed E-state index contributed by atoms with van der Waals surface area (Å²) in [6.45, 7) is 7.17. The Kier molecular flexibility index (Phi) is 9.22. The zero-order chi connectivity index (χ0) is 24.5. The van der Waals surface area contributed by atoms with Crippen LogP contribution in [-0.2, 0) is 19.6 Å². The van der Waals surface area contributed by atoms with Crippen molar-refractivity contribution in [1.82, 2.24) is 10.2 Å². The number of nitrogens with one attached hydrogen (secondary N) is 2. The number of rotatable bonds is 11. The van der Waals surface area contributed by atoms with E-state index in [1.54, 1.807) is 0 Å². The van der Waals surface area contributed by atoms with Crippen LogP contribution >= 0.6 is 0 Å². The molecule has 3 aromatic rings. The molecule has 34 heavy (non-hydrogen) atoms. The number of carbonyl (C=O) groups excluding carboxylic acids is 1. The van der Waals surface area contributed by atoms with Crippen LogP contribution in [0.5, 0.6) is 0 Å². The zero-order valence-electron chi connectivity index (χ0n) is 20.5. The van der Waals surface area contributed by atoms with Gasteiger partial charge in [0.15, 0.2) is 0 Å². The van der Waals surface area contributed by atoms with E-state index >= 15 is 0 Å². The highest BCUT2D eigenvalue weighted by Crippen LogP contribution is 2.30. The highest BCUT2D eigenvalue weighted by molar-refractivity contribution is 5.99. The Morgan fingerprint density at radius 2 is 1.68 bits per heavy atom. The zero-order valence-corrected chi connectivity index (χ0v) is 20.5. The molecule has 0 aliphatic carbocycles. The van der Waals surface area contributed by atoms with E-state index in [9.17, 15) is 4.79 Å². The van der Waals surface area contributed by atoms with E-state index in [4.69, 9.17) is 11.5 Å². The van der Waals surface area contributed by atoms with Gasteiger partial charge in [-0.15, -0.1) is 0 Å². The molecular formula is C28H37N5O. The second-order valence-corrected chi connectivity index (χ2v) is 8.95. The largest absolute Gasteiger partial charge is 0.383 e. The molecule has 0 saturated carbocycles. The molecule has 0 aliphatic rings. The van der Waals surface area contributed by atoms with Gasteiger partial charge in [-0.3, -0.25) is 4.79 Å². The summed E-state index contributed by atoms with van der Waals surface area (Å²) in [5, 5.41) is 6.54. The van der Waals surface area contributed by atoms with Crippen LogP contribution in [-0.4, -0.2) is 37.0 Å². The maximum Gasteiger partial charge on any atom is 0.251 e. The molecule has 0 heterocycles. The number of benzene rings is 3. The average Bonchev–Trinajstić information content (AvgIpc) is 2.82. The topological polar surface area (TPSA) is 96.4 Å². The lowest BCUT2D eigenvalue weighted by Crippen LogP contribution is -2.26. The van der Waals surface area contributed by atoms with Gasteiger partial charge in [0.25, 0.3) is 5.91 Å². The summed E-state index contributed by atoms with van der Waals surface area (Å²) in [5.41, 5.74) is 18.4. The van der Waals surface area contributed by atoms with Gasteiger partial charge in [-0.05, 0) is 61.3 Å². The Balaban J connectivity index is 1.97. The lowest BCUT2D eigenvalue weighted by molar-refractivity contribution is 0.0950. The molecule has 0 radical (unpaired) electrons. The number of anilines is 1. The van der Waals surface area contributed by atoms with E-state index in [2.05, 4.69) is 66.8 Å². The van der Waals surface area contributed by atoms with Crippen LogP contribution in [0.15, 0.2) is 66.7 Å². The van der Waals surface area contributed by atoms with Crippen molar-refractivity contribution >= 4 is 11.6 Å². The molecule has 6 heteroatoms. The van der Waals surface area contributed by atoms with Crippen LogP contribution in [0.25, 0.3) is 11.1 Å². The van der Waals surface area contributed by atoms with Crippen LogP contribution in [0.4, 0.5) is 5.69 Å². The molecule has 3 aromatic carbocycles. The fourth-order valence-corrected chi connectivity index (χ4v) is 4.03. The van der Waals surface area contributed by atoms with Gasteiger partial charge in [0.05, 0.1) is 0 Å². The first kappa shape index (κ1) is 25.4. The summed E-state index contributed by atoms with van der Waals surface area (Å²) in [7, 11) is 2.06. The molecule has 0 bridgehead atoms. The van der Waals surface area contributed by atoms with Gasteiger partial charge < -0.3 is 27.0 Å². The molecule has 0 aliphatic heterocycles. The maximum absolute atomic E-state index is 13.3. The molecule has 0 fully saturated rings. The Hall–Kier alpha value is -3.19. The molecule has 180 valence electrons. The minimum atomic E-state index is -0.128. The third-order valence-corrected chi connectivity index (χ3v) is 5.66. The molecule has 0 unspecified atom stereocenters. The van der Waals surface area contributed by atoms with Crippen molar-refractivity contribution in [2.45, 2.75) is 39.5 Å². The first-order chi connectivity index (χ1) is 16.4. The van der Waals surface area contributed by atoms with Gasteiger partial charge >= 0.3 is 0 Å². The van der Waals surface area contributed by atoms with E-state index in [1.165, 1.54) is 5.56 Å². The highest BCUT2D eigenvalue weighted by atomic mass is 16.1. The third kappa shape index (κ3) is 6.90. The number of likely N-dealkylation sites (N-methyl/N-ethyl adjacent to an activating group) is 1. The summed E-state index contributed by atoms with van der Waals surface area (Å²) in [6, 6.07) is 22.6. The maximum atomic E-state index is 13.3. The summed E-state index contributed by atoms with van der Waals surface area (Å²) in [5.74, 6) is -0.128. The number of nitrogens with two attached hydrogens (primary N) is 2. The lowest BCUT2D eigenvalue weighted by atomic mass is 9.95. The second-order valence-electron chi connectivity index (χ2n) is 8.95. The number of nitrogens with zero attached hydrogens (tertiary/aromatic N) is 1. The van der Waals surface area contributed by atoms with Crippen LogP contribution < -0.4 is 22.1 Å². The third-order valence-electron chi connectivity index (χ3n) is 5.66. The molecule has 0 spiro atoms. The fraction of sp³-hybridized carbons (Fsp3) is 0.321. The van der Waals surface area contributed by atoms with Crippen LogP contribution in [0, 0.1) is 0 Å². The fourth-order valence-electron chi connectivity index (χ4n) is 4.03. The van der Waals surface area contributed by atoms with Crippen molar-refractivity contribution in [2.75, 3.05) is 25.5 Å². The molecular weight excluding hydrogens is 422 g/mol. The Labute approximate surface area is 203 Å². The first-order valence-corrected chi connectivity index (χ1v) is 11.8. The van der Waals surface area contributed by atoms with Gasteiger partial charge in [0.2, 0.25) is 0 Å². The van der Waals surface area contributed by atoms with Crippen molar-refractivity contribution < 1.29 is 4.79 Å². The van der Waals surface area contributed by atoms with Crippen molar-refractivity contribution in [3.8, 4) is 11.1 Å². The van der Waals surface area contributed by atoms with Crippen molar-refractivity contribution in [3.63, 3.8) is 0 Å². The van der Waals surface area contributed by atoms with Crippen molar-refractivity contribution in [3.05, 3.63) is 89.0 Å². The highest BCUT2D eigenvalue weighted by Gasteiger charge is 2.18. The predicted octanol–water partition coefficient (Wildman–Crippen LogP) is 3.95. The quantitative estimate of drug-likeness (QED) is 0.348. The summed E-state index contributed by atoms with van der Waals surface area (Å²) in [6.07, 6.45) is 0. The molecule has 3 rings (SSSR count). The van der Waals surface area contributed by atoms with Gasteiger partial charge in [-0.25, -0.2) is 0 Å². The van der Waals surface area contributed by atoms with Gasteiger partial charge in [0, 0.05) is 55.6 Å². The summed E-state index contributed by atoms with van der Waals surface area (Å²) >= 11 is 0. The smallest absolute Gasteiger partial charge is 0.251 e. The Morgan fingerprint density at radius 1 is 0.941 bits per heavy atom. The van der Waals surface area contributed by atoms with E-state index in [0.29, 0.717) is 18.7 Å². The van der Waals surface area contributed by atoms with Gasteiger partial charge in [0.1, 0.15) is 0 Å². The number of hydrogen-bond donors (Lipinski definition) is 4. The molecule has 1 amide bonds. The van der Waals surface area contributed by atoms with E-state index in [0.717, 1.165) is 41.0 Å². The lowest BCUT2D eigenvalue weighted by Gasteiger charge is -2.20. The molecule has 0 atom stereocenters. The molecule has 6 nitrogen and oxygen atoms in total. The van der Waals surface area contributed by atoms with Crippen LogP contribution in [0.1, 0.15) is 40.9 Å². The minimum absolute atomic E-state index is 0.128. The first-order valence-electron chi connectivity index (χ1n) is 11.8. The standard InChI is InChI=1S/C28H37N5O/c1-20(2)32-27-16-24(23-11-7-10-22(14-23)19-33(3)13-12-29)15-25(26(27)17-30)28(34)31-18-21-8-5-4-6-9-21/h4-11,14-16,20,32H,12-13,17-19,29-30H2,1-3H3,(H,31,34). The Bertz CT molecular complexity index is 1080. The van der Waals surface area contributed by atoms with E-state index in [1.807, 2.05) is 36.4 Å². The average molecular weight is 460 g/mol. The van der Waals surface area contributed by atoms with Crippen LogP contribution in [0.3, 0.4) is 0 Å². The second kappa shape index (κ2) is 12.3.